The molecule has 0 radical (unpaired) electrons. The van der Waals surface area contributed by atoms with E-state index in [-0.39, 0.29) is 6.23 Å². The molecular weight excluding hydrogens is 238 g/mol. The maximum absolute atomic E-state index is 6.05. The Kier molecular flexibility index (Phi) is 3.19. The Morgan fingerprint density at radius 3 is 2.95 bits per heavy atom. The average Bonchev–Trinajstić information content (AvgIpc) is 2.78. The summed E-state index contributed by atoms with van der Waals surface area (Å²) in [5.74, 6) is 0. The van der Waals surface area contributed by atoms with Crippen LogP contribution in [0.15, 0.2) is 12.1 Å². The second-order valence-electron chi connectivity index (χ2n) is 5.29. The van der Waals surface area contributed by atoms with Gasteiger partial charge in [-0.15, -0.1) is 0 Å². The summed E-state index contributed by atoms with van der Waals surface area (Å²) in [6.07, 6.45) is 4.39. The van der Waals surface area contributed by atoms with Gasteiger partial charge in [0.1, 0.15) is 0 Å². The fourth-order valence-corrected chi connectivity index (χ4v) is 2.77. The van der Waals surface area contributed by atoms with Crippen LogP contribution in [0.25, 0.3) is 10.9 Å². The first kappa shape index (κ1) is 12.5. The number of anilines is 1. The highest BCUT2D eigenvalue weighted by molar-refractivity contribution is 5.86. The topological polar surface area (TPSA) is 53.1 Å². The zero-order valence-electron chi connectivity index (χ0n) is 11.6. The number of fused-ring (bicyclic) bond motifs is 1. The number of nitrogens with zero attached hydrogens (tertiary/aromatic N) is 2. The summed E-state index contributed by atoms with van der Waals surface area (Å²) >= 11 is 0. The van der Waals surface area contributed by atoms with Crippen molar-refractivity contribution in [1.29, 1.82) is 0 Å². The number of aromatic nitrogens is 2. The Morgan fingerprint density at radius 1 is 1.42 bits per heavy atom. The summed E-state index contributed by atoms with van der Waals surface area (Å²) in [4.78, 5) is 0. The fourth-order valence-electron chi connectivity index (χ4n) is 2.77. The number of hydrogen-bond donors (Lipinski definition) is 1. The highest BCUT2D eigenvalue weighted by Gasteiger charge is 2.20. The largest absolute Gasteiger partial charge is 0.398 e. The lowest BCUT2D eigenvalue weighted by Gasteiger charge is -2.23. The molecule has 19 heavy (non-hydrogen) atoms. The Balaban J connectivity index is 2.15. The first-order chi connectivity index (χ1) is 9.20. The fraction of sp³-hybridized carbons (Fsp3) is 0.533. The van der Waals surface area contributed by atoms with Crippen molar-refractivity contribution in [2.75, 3.05) is 12.3 Å². The van der Waals surface area contributed by atoms with Crippen molar-refractivity contribution < 1.29 is 4.74 Å². The Hall–Kier alpha value is -1.55. The monoisotopic (exact) mass is 259 g/mol. The van der Waals surface area contributed by atoms with Gasteiger partial charge in [0.15, 0.2) is 6.23 Å². The Morgan fingerprint density at radius 2 is 2.26 bits per heavy atom. The van der Waals surface area contributed by atoms with Crippen LogP contribution in [-0.4, -0.2) is 16.4 Å². The van der Waals surface area contributed by atoms with E-state index in [1.165, 1.54) is 11.8 Å². The Bertz CT molecular complexity index is 597. The van der Waals surface area contributed by atoms with Gasteiger partial charge < -0.3 is 10.5 Å². The first-order valence-electron chi connectivity index (χ1n) is 7.09. The van der Waals surface area contributed by atoms with Gasteiger partial charge in [0.25, 0.3) is 0 Å². The van der Waals surface area contributed by atoms with Gasteiger partial charge in [-0.25, -0.2) is 4.68 Å². The maximum atomic E-state index is 6.05. The van der Waals surface area contributed by atoms with E-state index in [0.717, 1.165) is 48.3 Å². The van der Waals surface area contributed by atoms with Crippen molar-refractivity contribution in [3.05, 3.63) is 23.4 Å². The molecular formula is C15H21N3O. The van der Waals surface area contributed by atoms with E-state index in [4.69, 9.17) is 15.6 Å². The van der Waals surface area contributed by atoms with E-state index < -0.39 is 0 Å². The van der Waals surface area contributed by atoms with Gasteiger partial charge >= 0.3 is 0 Å². The van der Waals surface area contributed by atoms with Gasteiger partial charge in [0, 0.05) is 17.7 Å². The summed E-state index contributed by atoms with van der Waals surface area (Å²) in [6, 6.07) is 4.19. The molecule has 2 heterocycles. The molecule has 1 atom stereocenters. The smallest absolute Gasteiger partial charge is 0.150 e. The number of rotatable bonds is 2. The lowest BCUT2D eigenvalue weighted by molar-refractivity contribution is -0.0368. The molecule has 0 saturated carbocycles. The third-order valence-corrected chi connectivity index (χ3v) is 3.93. The number of hydrogen-bond acceptors (Lipinski definition) is 3. The van der Waals surface area contributed by atoms with Crippen molar-refractivity contribution in [3.63, 3.8) is 0 Å². The molecule has 2 aromatic rings. The molecule has 0 aliphatic carbocycles. The number of ether oxygens (including phenoxy) is 1. The minimum absolute atomic E-state index is 0.0682. The summed E-state index contributed by atoms with van der Waals surface area (Å²) in [5, 5.41) is 5.96. The summed E-state index contributed by atoms with van der Waals surface area (Å²) < 4.78 is 7.89. The minimum atomic E-state index is 0.0682. The lowest BCUT2D eigenvalue weighted by atomic mass is 10.1. The molecule has 0 amide bonds. The van der Waals surface area contributed by atoms with Crippen LogP contribution in [-0.2, 0) is 11.2 Å². The van der Waals surface area contributed by atoms with E-state index in [1.54, 1.807) is 0 Å². The van der Waals surface area contributed by atoms with Crippen LogP contribution in [0.1, 0.15) is 43.7 Å². The Labute approximate surface area is 113 Å². The molecule has 1 fully saturated rings. The highest BCUT2D eigenvalue weighted by atomic mass is 16.5. The molecule has 3 rings (SSSR count). The summed E-state index contributed by atoms with van der Waals surface area (Å²) in [7, 11) is 0. The summed E-state index contributed by atoms with van der Waals surface area (Å²) in [5.41, 5.74) is 10.2. The molecule has 1 aliphatic rings. The predicted octanol–water partition coefficient (Wildman–Crippen LogP) is 3.19. The molecule has 2 N–H and O–H groups in total. The van der Waals surface area contributed by atoms with E-state index in [2.05, 4.69) is 13.0 Å². The number of nitrogen functional groups attached to an aromatic ring is 1. The highest BCUT2D eigenvalue weighted by Crippen LogP contribution is 2.30. The van der Waals surface area contributed by atoms with E-state index >= 15 is 0 Å². The molecule has 1 unspecified atom stereocenters. The van der Waals surface area contributed by atoms with Crippen LogP contribution in [0.3, 0.4) is 0 Å². The molecule has 0 bridgehead atoms. The average molecular weight is 259 g/mol. The molecule has 0 spiro atoms. The normalized spacial score (nSPS) is 20.0. The van der Waals surface area contributed by atoms with Gasteiger partial charge in [-0.05, 0) is 50.3 Å². The van der Waals surface area contributed by atoms with Crippen LogP contribution >= 0.6 is 0 Å². The van der Waals surface area contributed by atoms with Crippen molar-refractivity contribution in [2.45, 2.75) is 45.8 Å². The third-order valence-electron chi connectivity index (χ3n) is 3.93. The van der Waals surface area contributed by atoms with E-state index in [0.29, 0.717) is 0 Å². The van der Waals surface area contributed by atoms with Crippen molar-refractivity contribution >= 4 is 16.6 Å². The van der Waals surface area contributed by atoms with Gasteiger partial charge in [0.2, 0.25) is 0 Å². The van der Waals surface area contributed by atoms with Crippen LogP contribution in [0, 0.1) is 6.92 Å². The molecule has 1 aromatic heterocycles. The predicted molar refractivity (Wildman–Crippen MR) is 77.1 cm³/mol. The van der Waals surface area contributed by atoms with Gasteiger partial charge in [-0.3, -0.25) is 0 Å². The maximum Gasteiger partial charge on any atom is 0.150 e. The lowest BCUT2D eigenvalue weighted by Crippen LogP contribution is -2.19. The van der Waals surface area contributed by atoms with E-state index in [9.17, 15) is 0 Å². The van der Waals surface area contributed by atoms with Crippen LogP contribution in [0.4, 0.5) is 5.69 Å². The molecule has 4 nitrogen and oxygen atoms in total. The quantitative estimate of drug-likeness (QED) is 0.843. The van der Waals surface area contributed by atoms with Crippen molar-refractivity contribution in [2.24, 2.45) is 0 Å². The van der Waals surface area contributed by atoms with Crippen LogP contribution in [0.2, 0.25) is 0 Å². The second-order valence-corrected chi connectivity index (χ2v) is 5.29. The molecule has 4 heteroatoms. The summed E-state index contributed by atoms with van der Waals surface area (Å²) in [6.45, 7) is 5.01. The zero-order chi connectivity index (χ0) is 13.4. The van der Waals surface area contributed by atoms with Gasteiger partial charge in [-0.2, -0.15) is 5.10 Å². The number of nitrogens with two attached hydrogens (primary N) is 1. The zero-order valence-corrected chi connectivity index (χ0v) is 11.6. The van der Waals surface area contributed by atoms with Crippen molar-refractivity contribution in [3.8, 4) is 0 Å². The molecule has 1 aromatic carbocycles. The van der Waals surface area contributed by atoms with Crippen LogP contribution < -0.4 is 5.73 Å². The molecule has 1 saturated heterocycles. The van der Waals surface area contributed by atoms with Gasteiger partial charge in [-0.1, -0.05) is 6.92 Å². The standard InChI is InChI=1S/C15H21N3O/c1-3-13-11-8-10(2)12(16)9-14(11)18(17-13)15-6-4-5-7-19-15/h8-9,15H,3-7,16H2,1-2H3. The molecule has 102 valence electrons. The second kappa shape index (κ2) is 4.85. The SMILES string of the molecule is CCc1nn(C2CCCCO2)c2cc(N)c(C)cc12. The van der Waals surface area contributed by atoms with Gasteiger partial charge in [0.05, 0.1) is 11.2 Å². The number of aryl methyl sites for hydroxylation is 2. The third kappa shape index (κ3) is 2.10. The van der Waals surface area contributed by atoms with Crippen molar-refractivity contribution in [1.82, 2.24) is 9.78 Å². The first-order valence-corrected chi connectivity index (χ1v) is 7.09. The minimum Gasteiger partial charge on any atom is -0.398 e. The molecule has 1 aliphatic heterocycles. The van der Waals surface area contributed by atoms with E-state index in [1.807, 2.05) is 17.7 Å². The van der Waals surface area contributed by atoms with Crippen LogP contribution in [0.5, 0.6) is 0 Å². The number of benzene rings is 1.